The van der Waals surface area contributed by atoms with Gasteiger partial charge in [-0.1, -0.05) is 44.2 Å². The first kappa shape index (κ1) is 16.6. The molecule has 1 aliphatic rings. The van der Waals surface area contributed by atoms with Gasteiger partial charge in [-0.2, -0.15) is 0 Å². The number of unbranched alkanes of at least 4 members (excludes halogenated alkanes) is 4. The van der Waals surface area contributed by atoms with Crippen molar-refractivity contribution in [2.45, 2.75) is 64.7 Å². The minimum Gasteiger partial charge on any atom is -0.384 e. The topological polar surface area (TPSA) is 24.9 Å². The van der Waals surface area contributed by atoms with Gasteiger partial charge in [-0.15, -0.1) is 0 Å². The van der Waals surface area contributed by atoms with Crippen LogP contribution in [0, 0.1) is 0 Å². The van der Waals surface area contributed by atoms with Crippen LogP contribution in [0.5, 0.6) is 0 Å². The van der Waals surface area contributed by atoms with Gasteiger partial charge in [0.2, 0.25) is 0 Å². The Hall–Kier alpha value is -1.28. The number of pyridine rings is 1. The Kier molecular flexibility index (Phi) is 5.77. The molecule has 1 aromatic heterocycles. The zero-order valence-corrected chi connectivity index (χ0v) is 14.9. The van der Waals surface area contributed by atoms with E-state index in [-0.39, 0.29) is 0 Å². The summed E-state index contributed by atoms with van der Waals surface area (Å²) in [6, 6.07) is 6.07. The van der Waals surface area contributed by atoms with Gasteiger partial charge in [0.05, 0.1) is 5.52 Å². The monoisotopic (exact) mass is 330 g/mol. The van der Waals surface area contributed by atoms with Gasteiger partial charge in [-0.25, -0.2) is 0 Å². The van der Waals surface area contributed by atoms with Crippen molar-refractivity contribution >= 4 is 28.2 Å². The maximum Gasteiger partial charge on any atom is 0.0727 e. The zero-order chi connectivity index (χ0) is 16.1. The van der Waals surface area contributed by atoms with Crippen LogP contribution in [-0.4, -0.2) is 11.5 Å². The summed E-state index contributed by atoms with van der Waals surface area (Å²) < 4.78 is 0. The molecule has 1 aliphatic carbocycles. The molecule has 124 valence electrons. The lowest BCUT2D eigenvalue weighted by molar-refractivity contribution is 0.643. The molecule has 0 saturated carbocycles. The van der Waals surface area contributed by atoms with E-state index >= 15 is 0 Å². The average molecular weight is 331 g/mol. The molecule has 1 aromatic carbocycles. The highest BCUT2D eigenvalue weighted by Crippen LogP contribution is 2.34. The summed E-state index contributed by atoms with van der Waals surface area (Å²) in [6.45, 7) is 3.30. The Bertz CT molecular complexity index is 666. The number of aromatic nitrogens is 1. The predicted molar refractivity (Wildman–Crippen MR) is 101 cm³/mol. The van der Waals surface area contributed by atoms with Crippen molar-refractivity contribution in [3.05, 3.63) is 34.5 Å². The molecular formula is C20H27ClN2. The molecule has 1 N–H and O–H groups in total. The van der Waals surface area contributed by atoms with Crippen LogP contribution in [-0.2, 0) is 12.8 Å². The first-order valence-electron chi connectivity index (χ1n) is 9.14. The average Bonchev–Trinajstić information content (AvgIpc) is 2.57. The number of rotatable bonds is 7. The van der Waals surface area contributed by atoms with Gasteiger partial charge in [0.25, 0.3) is 0 Å². The molecule has 0 amide bonds. The van der Waals surface area contributed by atoms with E-state index in [1.165, 1.54) is 67.3 Å². The third-order valence-corrected chi connectivity index (χ3v) is 5.04. The molecule has 23 heavy (non-hydrogen) atoms. The van der Waals surface area contributed by atoms with Crippen LogP contribution in [0.3, 0.4) is 0 Å². The lowest BCUT2D eigenvalue weighted by atomic mass is 9.92. The Morgan fingerprint density at radius 2 is 1.91 bits per heavy atom. The first-order valence-corrected chi connectivity index (χ1v) is 9.52. The highest BCUT2D eigenvalue weighted by Gasteiger charge is 2.18. The van der Waals surface area contributed by atoms with Crippen molar-refractivity contribution < 1.29 is 0 Å². The van der Waals surface area contributed by atoms with Crippen LogP contribution >= 0.6 is 11.6 Å². The summed E-state index contributed by atoms with van der Waals surface area (Å²) in [7, 11) is 0. The molecular weight excluding hydrogens is 304 g/mol. The van der Waals surface area contributed by atoms with Crippen LogP contribution in [0.25, 0.3) is 10.9 Å². The second kappa shape index (κ2) is 8.01. The first-order chi connectivity index (χ1) is 11.3. The number of anilines is 1. The standard InChI is InChI=1S/C20H27ClN2/c1-2-3-4-5-8-13-22-20-16-9-6-7-10-18(16)23-19-12-11-15(21)14-17(19)20/h11-12,14H,2-10,13H2,1H3,(H,22,23). The van der Waals surface area contributed by atoms with Gasteiger partial charge in [0, 0.05) is 28.3 Å². The fourth-order valence-electron chi connectivity index (χ4n) is 3.54. The molecule has 0 saturated heterocycles. The maximum absolute atomic E-state index is 6.24. The number of hydrogen-bond donors (Lipinski definition) is 1. The predicted octanol–water partition coefficient (Wildman–Crippen LogP) is 6.15. The molecule has 0 atom stereocenters. The second-order valence-corrected chi connectivity index (χ2v) is 7.06. The molecule has 0 bridgehead atoms. The van der Waals surface area contributed by atoms with Crippen LogP contribution in [0.2, 0.25) is 5.02 Å². The van der Waals surface area contributed by atoms with E-state index < -0.39 is 0 Å². The summed E-state index contributed by atoms with van der Waals surface area (Å²) in [5.74, 6) is 0. The molecule has 0 spiro atoms. The summed E-state index contributed by atoms with van der Waals surface area (Å²) in [4.78, 5) is 4.89. The lowest BCUT2D eigenvalue weighted by Crippen LogP contribution is -2.12. The number of halogens is 1. The summed E-state index contributed by atoms with van der Waals surface area (Å²) >= 11 is 6.24. The number of nitrogens with one attached hydrogen (secondary N) is 1. The Morgan fingerprint density at radius 1 is 1.09 bits per heavy atom. The van der Waals surface area contributed by atoms with E-state index in [0.29, 0.717) is 0 Å². The van der Waals surface area contributed by atoms with Crippen molar-refractivity contribution in [1.82, 2.24) is 4.98 Å². The molecule has 3 heteroatoms. The number of hydrogen-bond acceptors (Lipinski definition) is 2. The van der Waals surface area contributed by atoms with Crippen LogP contribution in [0.4, 0.5) is 5.69 Å². The number of nitrogens with zero attached hydrogens (tertiary/aromatic N) is 1. The van der Waals surface area contributed by atoms with Gasteiger partial charge < -0.3 is 5.32 Å². The van der Waals surface area contributed by atoms with Crippen molar-refractivity contribution in [2.24, 2.45) is 0 Å². The van der Waals surface area contributed by atoms with E-state index in [1.807, 2.05) is 6.07 Å². The van der Waals surface area contributed by atoms with Gasteiger partial charge in [-0.05, 0) is 55.9 Å². The van der Waals surface area contributed by atoms with Crippen molar-refractivity contribution in [1.29, 1.82) is 0 Å². The summed E-state index contributed by atoms with van der Waals surface area (Å²) in [5, 5.41) is 5.70. The molecule has 2 nitrogen and oxygen atoms in total. The minimum absolute atomic E-state index is 0.793. The zero-order valence-electron chi connectivity index (χ0n) is 14.1. The number of fused-ring (bicyclic) bond motifs is 2. The van der Waals surface area contributed by atoms with Crippen LogP contribution in [0.15, 0.2) is 18.2 Å². The SMILES string of the molecule is CCCCCCCNc1c2c(nc3ccc(Cl)cc13)CCCC2. The highest BCUT2D eigenvalue weighted by molar-refractivity contribution is 6.31. The minimum atomic E-state index is 0.793. The molecule has 0 radical (unpaired) electrons. The van der Waals surface area contributed by atoms with Crippen LogP contribution < -0.4 is 5.32 Å². The second-order valence-electron chi connectivity index (χ2n) is 6.62. The van der Waals surface area contributed by atoms with Gasteiger partial charge in [-0.3, -0.25) is 4.98 Å². The van der Waals surface area contributed by atoms with E-state index in [9.17, 15) is 0 Å². The molecule has 0 unspecified atom stereocenters. The molecule has 0 fully saturated rings. The van der Waals surface area contributed by atoms with Gasteiger partial charge in [0.1, 0.15) is 0 Å². The fourth-order valence-corrected chi connectivity index (χ4v) is 3.71. The Balaban J connectivity index is 1.82. The summed E-state index contributed by atoms with van der Waals surface area (Å²) in [5.41, 5.74) is 5.09. The van der Waals surface area contributed by atoms with E-state index in [1.54, 1.807) is 0 Å². The lowest BCUT2D eigenvalue weighted by Gasteiger charge is -2.22. The van der Waals surface area contributed by atoms with E-state index in [0.717, 1.165) is 29.9 Å². The molecule has 0 aliphatic heterocycles. The molecule has 3 rings (SSSR count). The maximum atomic E-state index is 6.24. The Morgan fingerprint density at radius 3 is 2.78 bits per heavy atom. The van der Waals surface area contributed by atoms with Gasteiger partial charge >= 0.3 is 0 Å². The molecule has 2 aromatic rings. The fraction of sp³-hybridized carbons (Fsp3) is 0.550. The van der Waals surface area contributed by atoms with Crippen LogP contribution in [0.1, 0.15) is 63.1 Å². The number of aryl methyl sites for hydroxylation is 1. The van der Waals surface area contributed by atoms with Crippen molar-refractivity contribution in [2.75, 3.05) is 11.9 Å². The quantitative estimate of drug-likeness (QED) is 0.616. The van der Waals surface area contributed by atoms with Crippen molar-refractivity contribution in [3.8, 4) is 0 Å². The third-order valence-electron chi connectivity index (χ3n) is 4.81. The molecule has 1 heterocycles. The Labute approximate surface area is 144 Å². The van der Waals surface area contributed by atoms with E-state index in [2.05, 4.69) is 24.4 Å². The van der Waals surface area contributed by atoms with Crippen molar-refractivity contribution in [3.63, 3.8) is 0 Å². The summed E-state index contributed by atoms with van der Waals surface area (Å²) in [6.07, 6.45) is 11.3. The number of benzene rings is 1. The smallest absolute Gasteiger partial charge is 0.0727 e. The highest BCUT2D eigenvalue weighted by atomic mass is 35.5. The third kappa shape index (κ3) is 3.98. The van der Waals surface area contributed by atoms with Gasteiger partial charge in [0.15, 0.2) is 0 Å². The largest absolute Gasteiger partial charge is 0.384 e. The van der Waals surface area contributed by atoms with E-state index in [4.69, 9.17) is 16.6 Å². The normalized spacial score (nSPS) is 14.0.